The molecule has 0 N–H and O–H groups in total. The summed E-state index contributed by atoms with van der Waals surface area (Å²) in [5.74, 6) is 0. The summed E-state index contributed by atoms with van der Waals surface area (Å²) >= 11 is 11.8. The second-order valence-electron chi connectivity index (χ2n) is 3.80. The number of halogens is 2. The van der Waals surface area contributed by atoms with Gasteiger partial charge in [-0.2, -0.15) is 5.26 Å². The van der Waals surface area contributed by atoms with Gasteiger partial charge >= 0.3 is 0 Å². The van der Waals surface area contributed by atoms with Crippen LogP contribution in [0.25, 0.3) is 0 Å². The van der Waals surface area contributed by atoms with Gasteiger partial charge in [0.25, 0.3) is 0 Å². The standard InChI is InChI=1S/C11H9Cl2N/c12-9-2-1-8(10(13)5-9)6-11(7-14)3-4-11/h1-2,5H,3-4,6H2. The van der Waals surface area contributed by atoms with Gasteiger partial charge in [0.05, 0.1) is 11.5 Å². The van der Waals surface area contributed by atoms with Crippen LogP contribution in [0, 0.1) is 16.7 Å². The molecule has 0 radical (unpaired) electrons. The van der Waals surface area contributed by atoms with E-state index in [1.54, 1.807) is 6.07 Å². The van der Waals surface area contributed by atoms with Crippen LogP contribution in [0.3, 0.4) is 0 Å². The van der Waals surface area contributed by atoms with Gasteiger partial charge in [0.15, 0.2) is 0 Å². The van der Waals surface area contributed by atoms with E-state index in [2.05, 4.69) is 6.07 Å². The summed E-state index contributed by atoms with van der Waals surface area (Å²) < 4.78 is 0. The second-order valence-corrected chi connectivity index (χ2v) is 4.65. The Morgan fingerprint density at radius 1 is 1.36 bits per heavy atom. The van der Waals surface area contributed by atoms with Crippen molar-refractivity contribution in [3.8, 4) is 6.07 Å². The van der Waals surface area contributed by atoms with Gasteiger partial charge in [-0.1, -0.05) is 29.3 Å². The smallest absolute Gasteiger partial charge is 0.0693 e. The third kappa shape index (κ3) is 1.87. The SMILES string of the molecule is N#CC1(Cc2ccc(Cl)cc2Cl)CC1. The molecule has 1 nitrogen and oxygen atoms in total. The molecule has 0 spiro atoms. The third-order valence-corrected chi connectivity index (χ3v) is 3.22. The van der Waals surface area contributed by atoms with Gasteiger partial charge in [0.2, 0.25) is 0 Å². The minimum Gasteiger partial charge on any atom is -0.198 e. The summed E-state index contributed by atoms with van der Waals surface area (Å²) in [6.45, 7) is 0. The highest BCUT2D eigenvalue weighted by atomic mass is 35.5. The predicted octanol–water partition coefficient (Wildman–Crippen LogP) is 3.84. The number of benzene rings is 1. The Labute approximate surface area is 93.2 Å². The van der Waals surface area contributed by atoms with E-state index in [-0.39, 0.29) is 5.41 Å². The Morgan fingerprint density at radius 2 is 2.07 bits per heavy atom. The van der Waals surface area contributed by atoms with Crippen molar-refractivity contribution in [1.29, 1.82) is 5.26 Å². The van der Waals surface area contributed by atoms with Crippen LogP contribution in [0.2, 0.25) is 10.0 Å². The lowest BCUT2D eigenvalue weighted by molar-refractivity contribution is 0.665. The molecule has 0 amide bonds. The fraction of sp³-hybridized carbons (Fsp3) is 0.364. The van der Waals surface area contributed by atoms with E-state index in [1.165, 1.54) is 0 Å². The van der Waals surface area contributed by atoms with Gasteiger partial charge in [-0.25, -0.2) is 0 Å². The Kier molecular flexibility index (Phi) is 2.43. The van der Waals surface area contributed by atoms with E-state index in [0.717, 1.165) is 24.8 Å². The van der Waals surface area contributed by atoms with Gasteiger partial charge < -0.3 is 0 Å². The monoisotopic (exact) mass is 225 g/mol. The van der Waals surface area contributed by atoms with E-state index < -0.39 is 0 Å². The molecule has 2 rings (SSSR count). The minimum absolute atomic E-state index is 0.141. The maximum Gasteiger partial charge on any atom is 0.0693 e. The van der Waals surface area contributed by atoms with Crippen molar-refractivity contribution in [2.45, 2.75) is 19.3 Å². The van der Waals surface area contributed by atoms with Crippen LogP contribution in [-0.2, 0) is 6.42 Å². The first-order valence-electron chi connectivity index (χ1n) is 4.50. The number of hydrogen-bond acceptors (Lipinski definition) is 1. The Bertz CT molecular complexity index is 402. The van der Waals surface area contributed by atoms with Gasteiger partial charge in [0, 0.05) is 10.0 Å². The molecule has 3 heteroatoms. The first kappa shape index (κ1) is 9.83. The van der Waals surface area contributed by atoms with Crippen LogP contribution >= 0.6 is 23.2 Å². The normalized spacial score (nSPS) is 17.5. The molecule has 0 heterocycles. The molecule has 1 aliphatic carbocycles. The molecule has 0 bridgehead atoms. The fourth-order valence-corrected chi connectivity index (χ4v) is 1.98. The van der Waals surface area contributed by atoms with Crippen LogP contribution < -0.4 is 0 Å². The highest BCUT2D eigenvalue weighted by Crippen LogP contribution is 2.48. The minimum atomic E-state index is -0.141. The highest BCUT2D eigenvalue weighted by molar-refractivity contribution is 6.35. The molecule has 1 aromatic rings. The summed E-state index contributed by atoms with van der Waals surface area (Å²) in [5, 5.41) is 10.2. The van der Waals surface area contributed by atoms with Gasteiger partial charge in [-0.05, 0) is 37.0 Å². The molecule has 1 aliphatic rings. The number of hydrogen-bond donors (Lipinski definition) is 0. The zero-order chi connectivity index (χ0) is 10.2. The predicted molar refractivity (Wildman–Crippen MR) is 57.4 cm³/mol. The number of nitriles is 1. The average Bonchev–Trinajstić information content (AvgIpc) is 2.91. The van der Waals surface area contributed by atoms with E-state index in [9.17, 15) is 0 Å². The van der Waals surface area contributed by atoms with Crippen LogP contribution in [0.1, 0.15) is 18.4 Å². The molecule has 72 valence electrons. The van der Waals surface area contributed by atoms with Crippen molar-refractivity contribution in [3.63, 3.8) is 0 Å². The zero-order valence-corrected chi connectivity index (χ0v) is 9.07. The number of nitrogens with zero attached hydrogens (tertiary/aromatic N) is 1. The van der Waals surface area contributed by atoms with Crippen molar-refractivity contribution >= 4 is 23.2 Å². The van der Waals surface area contributed by atoms with Crippen molar-refractivity contribution in [1.82, 2.24) is 0 Å². The summed E-state index contributed by atoms with van der Waals surface area (Å²) in [6, 6.07) is 7.80. The summed E-state index contributed by atoms with van der Waals surface area (Å²) in [7, 11) is 0. The first-order valence-corrected chi connectivity index (χ1v) is 5.26. The lowest BCUT2D eigenvalue weighted by atomic mass is 9.98. The molecule has 0 aliphatic heterocycles. The number of rotatable bonds is 2. The molecular formula is C11H9Cl2N. The quantitative estimate of drug-likeness (QED) is 0.751. The maximum absolute atomic E-state index is 8.94. The molecular weight excluding hydrogens is 217 g/mol. The van der Waals surface area contributed by atoms with Crippen LogP contribution in [0.15, 0.2) is 18.2 Å². The summed E-state index contributed by atoms with van der Waals surface area (Å²) in [5.41, 5.74) is 0.882. The van der Waals surface area contributed by atoms with Crippen LogP contribution in [0.4, 0.5) is 0 Å². The molecule has 0 atom stereocenters. The van der Waals surface area contributed by atoms with Gasteiger partial charge in [-0.3, -0.25) is 0 Å². The summed E-state index contributed by atoms with van der Waals surface area (Å²) in [6.07, 6.45) is 2.73. The molecule has 0 unspecified atom stereocenters. The average molecular weight is 226 g/mol. The van der Waals surface area contributed by atoms with Crippen molar-refractivity contribution < 1.29 is 0 Å². The largest absolute Gasteiger partial charge is 0.198 e. The zero-order valence-electron chi connectivity index (χ0n) is 7.56. The van der Waals surface area contributed by atoms with E-state index >= 15 is 0 Å². The first-order chi connectivity index (χ1) is 6.65. The second kappa shape index (κ2) is 3.46. The van der Waals surface area contributed by atoms with Crippen molar-refractivity contribution in [2.24, 2.45) is 5.41 Å². The summed E-state index contributed by atoms with van der Waals surface area (Å²) in [4.78, 5) is 0. The topological polar surface area (TPSA) is 23.8 Å². The lowest BCUT2D eigenvalue weighted by Crippen LogP contribution is -2.01. The molecule has 0 saturated heterocycles. The van der Waals surface area contributed by atoms with Crippen molar-refractivity contribution in [2.75, 3.05) is 0 Å². The van der Waals surface area contributed by atoms with Gasteiger partial charge in [0.1, 0.15) is 0 Å². The molecule has 14 heavy (non-hydrogen) atoms. The highest BCUT2D eigenvalue weighted by Gasteiger charge is 2.43. The molecule has 1 fully saturated rings. The van der Waals surface area contributed by atoms with E-state index in [4.69, 9.17) is 28.5 Å². The Balaban J connectivity index is 2.22. The van der Waals surface area contributed by atoms with Gasteiger partial charge in [-0.15, -0.1) is 0 Å². The Hall–Kier alpha value is -0.710. The fourth-order valence-electron chi connectivity index (χ4n) is 1.51. The lowest BCUT2D eigenvalue weighted by Gasteiger charge is -2.07. The third-order valence-electron chi connectivity index (χ3n) is 2.63. The molecule has 1 saturated carbocycles. The molecule has 1 aromatic carbocycles. The van der Waals surface area contributed by atoms with E-state index in [1.807, 2.05) is 12.1 Å². The Morgan fingerprint density at radius 3 is 2.57 bits per heavy atom. The van der Waals surface area contributed by atoms with Crippen molar-refractivity contribution in [3.05, 3.63) is 33.8 Å². The van der Waals surface area contributed by atoms with Crippen LogP contribution in [-0.4, -0.2) is 0 Å². The van der Waals surface area contributed by atoms with E-state index in [0.29, 0.717) is 10.0 Å². The molecule has 0 aromatic heterocycles. The maximum atomic E-state index is 8.94. The van der Waals surface area contributed by atoms with Crippen LogP contribution in [0.5, 0.6) is 0 Å².